The zero-order chi connectivity index (χ0) is 13.8. The number of halogens is 3. The molecular weight excluding hydrogens is 396 g/mol. The Hall–Kier alpha value is -0.490. The van der Waals surface area contributed by atoms with Crippen molar-refractivity contribution in [3.63, 3.8) is 0 Å². The number of rotatable bonds is 4. The molecule has 0 spiro atoms. The first-order valence-electron chi connectivity index (χ1n) is 5.69. The number of benzene rings is 2. The van der Waals surface area contributed by atoms with Crippen molar-refractivity contribution in [3.05, 3.63) is 61.6 Å². The minimum Gasteiger partial charge on any atom is -0.387 e. The summed E-state index contributed by atoms with van der Waals surface area (Å²) >= 11 is 13.9. The molecule has 2 aromatic rings. The first kappa shape index (κ1) is 14.9. The second-order valence-electron chi connectivity index (χ2n) is 4.07. The Balaban J connectivity index is 2.00. The third-order valence-electron chi connectivity index (χ3n) is 2.67. The molecule has 0 fully saturated rings. The van der Waals surface area contributed by atoms with Crippen LogP contribution in [-0.4, -0.2) is 11.7 Å². The summed E-state index contributed by atoms with van der Waals surface area (Å²) < 4.78 is 1.02. The molecule has 0 saturated heterocycles. The molecule has 19 heavy (non-hydrogen) atoms. The summed E-state index contributed by atoms with van der Waals surface area (Å²) in [6.07, 6.45) is -0.580. The van der Waals surface area contributed by atoms with Gasteiger partial charge in [-0.15, -0.1) is 0 Å². The van der Waals surface area contributed by atoms with E-state index in [0.29, 0.717) is 16.6 Å². The molecule has 2 aromatic carbocycles. The molecule has 2 N–H and O–H groups in total. The average molecular weight is 408 g/mol. The predicted molar refractivity (Wildman–Crippen MR) is 89.1 cm³/mol. The Morgan fingerprint density at radius 2 is 1.68 bits per heavy atom. The Labute approximate surface area is 135 Å². The molecule has 0 radical (unpaired) electrons. The number of hydrogen-bond acceptors (Lipinski definition) is 2. The van der Waals surface area contributed by atoms with Gasteiger partial charge in [-0.3, -0.25) is 0 Å². The van der Waals surface area contributed by atoms with Gasteiger partial charge in [-0.25, -0.2) is 0 Å². The maximum absolute atomic E-state index is 10.1. The van der Waals surface area contributed by atoms with Gasteiger partial charge in [0.2, 0.25) is 0 Å². The van der Waals surface area contributed by atoms with Crippen molar-refractivity contribution < 1.29 is 5.11 Å². The van der Waals surface area contributed by atoms with Crippen molar-refractivity contribution in [1.29, 1.82) is 0 Å². The summed E-state index contributed by atoms with van der Waals surface area (Å²) in [7, 11) is 0. The Kier molecular flexibility index (Phi) is 5.33. The van der Waals surface area contributed by atoms with Crippen LogP contribution in [0.15, 0.2) is 42.5 Å². The molecule has 5 heteroatoms. The van der Waals surface area contributed by atoms with Gasteiger partial charge < -0.3 is 10.4 Å². The predicted octanol–water partition coefficient (Wildman–Crippen LogP) is 4.74. The maximum Gasteiger partial charge on any atom is 0.0962 e. The smallest absolute Gasteiger partial charge is 0.0962 e. The molecule has 2 nitrogen and oxygen atoms in total. The van der Waals surface area contributed by atoms with Crippen LogP contribution in [0.2, 0.25) is 10.0 Å². The SMILES string of the molecule is OC(CNc1ccc(Cl)cc1I)c1ccc(Cl)cc1. The van der Waals surface area contributed by atoms with Crippen LogP contribution in [0.5, 0.6) is 0 Å². The zero-order valence-electron chi connectivity index (χ0n) is 9.91. The summed E-state index contributed by atoms with van der Waals surface area (Å²) in [6.45, 7) is 0.430. The Morgan fingerprint density at radius 1 is 1.05 bits per heavy atom. The second kappa shape index (κ2) is 6.79. The number of hydrogen-bond donors (Lipinski definition) is 2. The summed E-state index contributed by atoms with van der Waals surface area (Å²) in [5.74, 6) is 0. The lowest BCUT2D eigenvalue weighted by Crippen LogP contribution is -2.12. The minimum absolute atomic E-state index is 0.430. The van der Waals surface area contributed by atoms with E-state index in [1.54, 1.807) is 12.1 Å². The molecule has 0 heterocycles. The summed E-state index contributed by atoms with van der Waals surface area (Å²) in [5, 5.41) is 14.7. The van der Waals surface area contributed by atoms with Crippen molar-refractivity contribution in [1.82, 2.24) is 0 Å². The number of aliphatic hydroxyl groups is 1. The van der Waals surface area contributed by atoms with Crippen LogP contribution in [-0.2, 0) is 0 Å². The molecule has 0 aromatic heterocycles. The topological polar surface area (TPSA) is 32.3 Å². The van der Waals surface area contributed by atoms with E-state index in [1.165, 1.54) is 0 Å². The summed E-state index contributed by atoms with van der Waals surface area (Å²) in [6, 6.07) is 12.8. The third kappa shape index (κ3) is 4.24. The monoisotopic (exact) mass is 407 g/mol. The van der Waals surface area contributed by atoms with Crippen molar-refractivity contribution >= 4 is 51.5 Å². The van der Waals surface area contributed by atoms with E-state index in [-0.39, 0.29) is 0 Å². The molecule has 2 rings (SSSR count). The molecule has 0 aliphatic heterocycles. The fourth-order valence-corrected chi connectivity index (χ4v) is 2.83. The van der Waals surface area contributed by atoms with E-state index in [4.69, 9.17) is 23.2 Å². The van der Waals surface area contributed by atoms with E-state index in [2.05, 4.69) is 27.9 Å². The van der Waals surface area contributed by atoms with Crippen LogP contribution in [0.1, 0.15) is 11.7 Å². The van der Waals surface area contributed by atoms with Gasteiger partial charge in [-0.2, -0.15) is 0 Å². The van der Waals surface area contributed by atoms with Crippen LogP contribution in [0.25, 0.3) is 0 Å². The highest BCUT2D eigenvalue weighted by molar-refractivity contribution is 14.1. The van der Waals surface area contributed by atoms with Gasteiger partial charge in [0, 0.05) is 25.8 Å². The van der Waals surface area contributed by atoms with E-state index >= 15 is 0 Å². The summed E-state index contributed by atoms with van der Waals surface area (Å²) in [5.41, 5.74) is 1.79. The first-order chi connectivity index (χ1) is 9.06. The largest absolute Gasteiger partial charge is 0.387 e. The van der Waals surface area contributed by atoms with Crippen molar-refractivity contribution in [2.45, 2.75) is 6.10 Å². The molecular formula is C14H12Cl2INO. The highest BCUT2D eigenvalue weighted by Gasteiger charge is 2.08. The van der Waals surface area contributed by atoms with E-state index in [1.807, 2.05) is 30.3 Å². The normalized spacial score (nSPS) is 12.2. The van der Waals surface area contributed by atoms with Crippen LogP contribution in [0.3, 0.4) is 0 Å². The van der Waals surface area contributed by atoms with Gasteiger partial charge in [0.05, 0.1) is 6.10 Å². The average Bonchev–Trinajstić information content (AvgIpc) is 2.38. The number of nitrogens with one attached hydrogen (secondary N) is 1. The highest BCUT2D eigenvalue weighted by atomic mass is 127. The van der Waals surface area contributed by atoms with Crippen LogP contribution >= 0.6 is 45.8 Å². The van der Waals surface area contributed by atoms with E-state index < -0.39 is 6.10 Å². The van der Waals surface area contributed by atoms with Crippen LogP contribution in [0, 0.1) is 3.57 Å². The van der Waals surface area contributed by atoms with Gasteiger partial charge >= 0.3 is 0 Å². The molecule has 0 aliphatic carbocycles. The van der Waals surface area contributed by atoms with E-state index in [0.717, 1.165) is 14.8 Å². The van der Waals surface area contributed by atoms with Crippen molar-refractivity contribution in [2.24, 2.45) is 0 Å². The molecule has 100 valence electrons. The van der Waals surface area contributed by atoms with Gasteiger partial charge in [-0.1, -0.05) is 35.3 Å². The third-order valence-corrected chi connectivity index (χ3v) is 4.05. The van der Waals surface area contributed by atoms with Crippen molar-refractivity contribution in [3.8, 4) is 0 Å². The van der Waals surface area contributed by atoms with Gasteiger partial charge in [-0.05, 0) is 58.5 Å². The fourth-order valence-electron chi connectivity index (χ4n) is 1.64. The quantitative estimate of drug-likeness (QED) is 0.717. The lowest BCUT2D eigenvalue weighted by atomic mass is 10.1. The van der Waals surface area contributed by atoms with E-state index in [9.17, 15) is 5.11 Å². The molecule has 1 atom stereocenters. The molecule has 1 unspecified atom stereocenters. The summed E-state index contributed by atoms with van der Waals surface area (Å²) in [4.78, 5) is 0. The first-order valence-corrected chi connectivity index (χ1v) is 7.52. The number of aliphatic hydroxyl groups excluding tert-OH is 1. The molecule has 0 bridgehead atoms. The van der Waals surface area contributed by atoms with Crippen molar-refractivity contribution in [2.75, 3.05) is 11.9 Å². The molecule has 0 aliphatic rings. The maximum atomic E-state index is 10.1. The fraction of sp³-hybridized carbons (Fsp3) is 0.143. The minimum atomic E-state index is -0.580. The van der Waals surface area contributed by atoms with Gasteiger partial charge in [0.25, 0.3) is 0 Å². The number of anilines is 1. The second-order valence-corrected chi connectivity index (χ2v) is 6.11. The molecule has 0 amide bonds. The van der Waals surface area contributed by atoms with Crippen LogP contribution in [0.4, 0.5) is 5.69 Å². The van der Waals surface area contributed by atoms with Gasteiger partial charge in [0.1, 0.15) is 0 Å². The zero-order valence-corrected chi connectivity index (χ0v) is 13.6. The highest BCUT2D eigenvalue weighted by Crippen LogP contribution is 2.23. The lowest BCUT2D eigenvalue weighted by Gasteiger charge is -2.14. The Morgan fingerprint density at radius 3 is 2.32 bits per heavy atom. The Bertz CT molecular complexity index is 560. The lowest BCUT2D eigenvalue weighted by molar-refractivity contribution is 0.191. The van der Waals surface area contributed by atoms with Gasteiger partial charge in [0.15, 0.2) is 0 Å². The standard InChI is InChI=1S/C14H12Cl2INO/c15-10-3-1-9(2-4-10)14(19)8-18-13-6-5-11(16)7-12(13)17/h1-7,14,18-19H,8H2. The van der Waals surface area contributed by atoms with Crippen LogP contribution < -0.4 is 5.32 Å². The molecule has 0 saturated carbocycles.